The van der Waals surface area contributed by atoms with E-state index in [2.05, 4.69) is 27.3 Å². The summed E-state index contributed by atoms with van der Waals surface area (Å²) in [6.45, 7) is 3.03. The van der Waals surface area contributed by atoms with Gasteiger partial charge in [0.1, 0.15) is 0 Å². The minimum absolute atomic E-state index is 0. The van der Waals surface area contributed by atoms with E-state index in [-0.39, 0.29) is 42.1 Å². The number of pyridine rings is 1. The number of piperidine rings is 1. The Balaban J connectivity index is 0.00000320. The molecule has 3 heterocycles. The molecule has 2 aromatic rings. The molecular weight excluding hydrogens is 488 g/mol. The number of likely N-dealkylation sites (tertiary alicyclic amines) is 2. The molecule has 5 rings (SSSR count). The summed E-state index contributed by atoms with van der Waals surface area (Å²) in [6, 6.07) is 13.6. The first kappa shape index (κ1) is 27.3. The maximum Gasteiger partial charge on any atom is 0.260 e. The van der Waals surface area contributed by atoms with Crippen molar-refractivity contribution in [3.8, 4) is 0 Å². The number of hydrogen-bond acceptors (Lipinski definition) is 5. The third-order valence-corrected chi connectivity index (χ3v) is 8.48. The quantitative estimate of drug-likeness (QED) is 0.543. The zero-order chi connectivity index (χ0) is 25.0. The Kier molecular flexibility index (Phi) is 8.98. The van der Waals surface area contributed by atoms with Crippen molar-refractivity contribution in [2.45, 2.75) is 57.4 Å². The van der Waals surface area contributed by atoms with E-state index in [0.29, 0.717) is 12.1 Å². The molecule has 2 saturated heterocycles. The van der Waals surface area contributed by atoms with Crippen molar-refractivity contribution >= 4 is 30.1 Å². The van der Waals surface area contributed by atoms with Crippen LogP contribution >= 0.6 is 12.4 Å². The van der Waals surface area contributed by atoms with E-state index in [1.54, 1.807) is 24.5 Å². The molecule has 1 aromatic heterocycles. The summed E-state index contributed by atoms with van der Waals surface area (Å²) in [6.07, 6.45) is 10.6. The van der Waals surface area contributed by atoms with Gasteiger partial charge in [-0.15, -0.1) is 12.4 Å². The first-order valence-electron chi connectivity index (χ1n) is 13.4. The number of nitrogens with zero attached hydrogens (tertiary/aromatic N) is 3. The van der Waals surface area contributed by atoms with Gasteiger partial charge in [-0.3, -0.25) is 24.3 Å². The average molecular weight is 525 g/mol. The lowest BCUT2D eigenvalue weighted by Gasteiger charge is -2.38. The molecule has 1 aromatic carbocycles. The monoisotopic (exact) mass is 524 g/mol. The molecule has 3 amide bonds. The van der Waals surface area contributed by atoms with E-state index in [4.69, 9.17) is 0 Å². The van der Waals surface area contributed by atoms with E-state index >= 15 is 0 Å². The van der Waals surface area contributed by atoms with Crippen molar-refractivity contribution in [2.24, 2.45) is 11.3 Å². The number of imide groups is 1. The normalized spacial score (nSPS) is 20.5. The molecule has 0 radical (unpaired) electrons. The first-order chi connectivity index (χ1) is 17.6. The SMILES string of the molecule is Cl.O=C(N[C@@H](CCN1CCC2(CC1)CCN(C(=O)c1ccncc1)C2=O)c1ccccc1)C1CCCC1. The van der Waals surface area contributed by atoms with Crippen LogP contribution in [0.4, 0.5) is 0 Å². The second kappa shape index (κ2) is 12.2. The van der Waals surface area contributed by atoms with Crippen LogP contribution in [-0.2, 0) is 9.59 Å². The zero-order valence-electron chi connectivity index (χ0n) is 21.3. The lowest BCUT2D eigenvalue weighted by atomic mass is 9.77. The second-order valence-electron chi connectivity index (χ2n) is 10.6. The molecule has 37 heavy (non-hydrogen) atoms. The van der Waals surface area contributed by atoms with E-state index in [1.165, 1.54) is 4.90 Å². The van der Waals surface area contributed by atoms with E-state index in [0.717, 1.165) is 76.6 Å². The summed E-state index contributed by atoms with van der Waals surface area (Å²) in [4.78, 5) is 46.9. The maximum atomic E-state index is 13.3. The van der Waals surface area contributed by atoms with Crippen molar-refractivity contribution in [3.63, 3.8) is 0 Å². The van der Waals surface area contributed by atoms with Crippen LogP contribution in [0, 0.1) is 11.3 Å². The molecule has 8 heteroatoms. The van der Waals surface area contributed by atoms with Gasteiger partial charge >= 0.3 is 0 Å². The number of nitrogens with one attached hydrogen (secondary N) is 1. The molecule has 1 aliphatic carbocycles. The van der Waals surface area contributed by atoms with Crippen molar-refractivity contribution in [1.29, 1.82) is 0 Å². The standard InChI is InChI=1S/C29H36N4O3.ClH/c34-26(23-8-4-5-9-23)31-25(22-6-2-1-3-7-22)12-18-32-19-13-29(14-20-32)15-21-33(28(29)36)27(35)24-10-16-30-17-11-24;/h1-3,6-7,10-11,16-17,23,25H,4-5,8-9,12-15,18-21H2,(H,31,34);1H/t25-;/m0./s1. The number of amides is 3. The van der Waals surface area contributed by atoms with Crippen LogP contribution in [0.5, 0.6) is 0 Å². The van der Waals surface area contributed by atoms with Crippen LogP contribution in [-0.4, -0.2) is 58.7 Å². The molecule has 2 aliphatic heterocycles. The van der Waals surface area contributed by atoms with Gasteiger partial charge in [-0.05, 0) is 69.3 Å². The third kappa shape index (κ3) is 6.04. The fraction of sp³-hybridized carbons (Fsp3) is 0.517. The van der Waals surface area contributed by atoms with E-state index in [9.17, 15) is 14.4 Å². The van der Waals surface area contributed by atoms with Crippen LogP contribution in [0.2, 0.25) is 0 Å². The van der Waals surface area contributed by atoms with Crippen molar-refractivity contribution in [2.75, 3.05) is 26.2 Å². The molecule has 3 aliphatic rings. The Morgan fingerprint density at radius 2 is 1.62 bits per heavy atom. The van der Waals surface area contributed by atoms with Crippen LogP contribution < -0.4 is 5.32 Å². The second-order valence-corrected chi connectivity index (χ2v) is 10.6. The maximum absolute atomic E-state index is 13.3. The van der Waals surface area contributed by atoms with Gasteiger partial charge in [-0.1, -0.05) is 43.2 Å². The van der Waals surface area contributed by atoms with Gasteiger partial charge in [0.2, 0.25) is 11.8 Å². The topological polar surface area (TPSA) is 82.6 Å². The number of carbonyl (C=O) groups excluding carboxylic acids is 3. The molecule has 7 nitrogen and oxygen atoms in total. The predicted molar refractivity (Wildman–Crippen MR) is 144 cm³/mol. The number of benzene rings is 1. The Morgan fingerprint density at radius 3 is 2.30 bits per heavy atom. The molecule has 3 fully saturated rings. The molecule has 0 unspecified atom stereocenters. The number of halogens is 1. The van der Waals surface area contributed by atoms with Crippen LogP contribution in [0.3, 0.4) is 0 Å². The Bertz CT molecular complexity index is 1070. The predicted octanol–water partition coefficient (Wildman–Crippen LogP) is 4.40. The van der Waals surface area contributed by atoms with Gasteiger partial charge < -0.3 is 10.2 Å². The summed E-state index contributed by atoms with van der Waals surface area (Å²) < 4.78 is 0. The highest BCUT2D eigenvalue weighted by Crippen LogP contribution is 2.42. The van der Waals surface area contributed by atoms with Gasteiger partial charge in [-0.2, -0.15) is 0 Å². The summed E-state index contributed by atoms with van der Waals surface area (Å²) in [5, 5.41) is 3.34. The number of carbonyl (C=O) groups is 3. The first-order valence-corrected chi connectivity index (χ1v) is 13.4. The van der Waals surface area contributed by atoms with E-state index < -0.39 is 5.41 Å². The highest BCUT2D eigenvalue weighted by Gasteiger charge is 2.49. The molecular formula is C29H37ClN4O3. The van der Waals surface area contributed by atoms with Crippen LogP contribution in [0.25, 0.3) is 0 Å². The summed E-state index contributed by atoms with van der Waals surface area (Å²) in [7, 11) is 0. The molecule has 198 valence electrons. The molecule has 1 N–H and O–H groups in total. The van der Waals surface area contributed by atoms with Gasteiger partial charge in [0.15, 0.2) is 0 Å². The molecule has 1 spiro atoms. The van der Waals surface area contributed by atoms with Gasteiger partial charge in [0.05, 0.1) is 11.5 Å². The number of aromatic nitrogens is 1. The lowest BCUT2D eigenvalue weighted by Crippen LogP contribution is -2.46. The Hall–Kier alpha value is -2.77. The van der Waals surface area contributed by atoms with Crippen molar-refractivity contribution in [1.82, 2.24) is 20.1 Å². The summed E-state index contributed by atoms with van der Waals surface area (Å²) >= 11 is 0. The zero-order valence-corrected chi connectivity index (χ0v) is 22.1. The highest BCUT2D eigenvalue weighted by atomic mass is 35.5. The molecule has 1 saturated carbocycles. The summed E-state index contributed by atoms with van der Waals surface area (Å²) in [5.74, 6) is 0.104. The third-order valence-electron chi connectivity index (χ3n) is 8.48. The largest absolute Gasteiger partial charge is 0.349 e. The Morgan fingerprint density at radius 1 is 0.973 bits per heavy atom. The number of hydrogen-bond donors (Lipinski definition) is 1. The van der Waals surface area contributed by atoms with Crippen LogP contribution in [0.1, 0.15) is 73.3 Å². The van der Waals surface area contributed by atoms with Gasteiger partial charge in [0.25, 0.3) is 5.91 Å². The molecule has 0 bridgehead atoms. The minimum Gasteiger partial charge on any atom is -0.349 e. The average Bonchev–Trinajstić information content (AvgIpc) is 3.57. The minimum atomic E-state index is -0.422. The Labute approximate surface area is 225 Å². The summed E-state index contributed by atoms with van der Waals surface area (Å²) in [5.41, 5.74) is 1.24. The smallest absolute Gasteiger partial charge is 0.260 e. The number of rotatable bonds is 7. The molecule has 1 atom stereocenters. The lowest BCUT2D eigenvalue weighted by molar-refractivity contribution is -0.136. The van der Waals surface area contributed by atoms with Crippen molar-refractivity contribution < 1.29 is 14.4 Å². The van der Waals surface area contributed by atoms with E-state index in [1.807, 2.05) is 18.2 Å². The van der Waals surface area contributed by atoms with Gasteiger partial charge in [0, 0.05) is 37.0 Å². The van der Waals surface area contributed by atoms with Crippen LogP contribution in [0.15, 0.2) is 54.9 Å². The van der Waals surface area contributed by atoms with Crippen molar-refractivity contribution in [3.05, 3.63) is 66.0 Å². The fourth-order valence-electron chi connectivity index (χ4n) is 6.13. The highest BCUT2D eigenvalue weighted by molar-refractivity contribution is 6.07. The van der Waals surface area contributed by atoms with Gasteiger partial charge in [-0.25, -0.2) is 0 Å². The fourth-order valence-corrected chi connectivity index (χ4v) is 6.13.